The molecule has 0 amide bonds. The normalized spacial score (nSPS) is 12.7. The molecule has 1 atom stereocenters. The summed E-state index contributed by atoms with van der Waals surface area (Å²) in [5.41, 5.74) is 3.58. The van der Waals surface area contributed by atoms with Crippen molar-refractivity contribution in [3.8, 4) is 0 Å². The molecule has 0 saturated carbocycles. The van der Waals surface area contributed by atoms with Gasteiger partial charge in [0.2, 0.25) is 5.89 Å². The highest BCUT2D eigenvalue weighted by Gasteiger charge is 2.12. The summed E-state index contributed by atoms with van der Waals surface area (Å²) in [5, 5.41) is 13.0. The van der Waals surface area contributed by atoms with Crippen molar-refractivity contribution in [1.29, 1.82) is 0 Å². The Morgan fingerprint density at radius 2 is 2.12 bits per heavy atom. The number of aliphatic hydroxyl groups is 1. The number of rotatable bonds is 3. The van der Waals surface area contributed by atoms with Crippen LogP contribution in [0.1, 0.15) is 41.4 Å². The van der Waals surface area contributed by atoms with Crippen LogP contribution in [0.2, 0.25) is 0 Å². The quantitative estimate of drug-likeness (QED) is 0.882. The van der Waals surface area contributed by atoms with E-state index in [2.05, 4.69) is 42.2 Å². The predicted molar refractivity (Wildman–Crippen MR) is 63.7 cm³/mol. The van der Waals surface area contributed by atoms with Crippen molar-refractivity contribution in [3.05, 3.63) is 46.6 Å². The molecule has 0 aliphatic heterocycles. The fourth-order valence-corrected chi connectivity index (χ4v) is 1.66. The molecule has 90 valence electrons. The average Bonchev–Trinajstić information content (AvgIpc) is 2.72. The van der Waals surface area contributed by atoms with E-state index >= 15 is 0 Å². The predicted octanol–water partition coefficient (Wildman–Crippen LogP) is 2.33. The topological polar surface area (TPSA) is 59.2 Å². The summed E-state index contributed by atoms with van der Waals surface area (Å²) in [6.45, 7) is 5.73. The molecule has 1 N–H and O–H groups in total. The van der Waals surface area contributed by atoms with Crippen LogP contribution in [0.5, 0.6) is 0 Å². The number of aromatic nitrogens is 2. The fourth-order valence-electron chi connectivity index (χ4n) is 1.66. The molecule has 1 heterocycles. The van der Waals surface area contributed by atoms with Gasteiger partial charge in [-0.1, -0.05) is 28.9 Å². The van der Waals surface area contributed by atoms with Crippen LogP contribution in [0.4, 0.5) is 0 Å². The minimum Gasteiger partial charge on any atom is -0.385 e. The van der Waals surface area contributed by atoms with Crippen molar-refractivity contribution in [2.24, 2.45) is 0 Å². The molecule has 2 rings (SSSR count). The van der Waals surface area contributed by atoms with Crippen molar-refractivity contribution < 1.29 is 9.63 Å². The largest absolute Gasteiger partial charge is 0.385 e. The molecule has 0 radical (unpaired) electrons. The molecule has 1 aromatic heterocycles. The number of aliphatic hydroxyl groups excluding tert-OH is 1. The standard InChI is InChI=1S/C13H16N2O2/c1-8-4-5-9(2)11(6-8)7-12-14-13(10(3)16)15-17-12/h4-6,10,16H,7H2,1-3H3. The van der Waals surface area contributed by atoms with Gasteiger partial charge in [-0.15, -0.1) is 0 Å². The van der Waals surface area contributed by atoms with E-state index in [0.29, 0.717) is 18.1 Å². The maximum atomic E-state index is 9.32. The second kappa shape index (κ2) is 4.67. The van der Waals surface area contributed by atoms with Crippen molar-refractivity contribution in [3.63, 3.8) is 0 Å². The molecule has 4 heteroatoms. The lowest BCUT2D eigenvalue weighted by Crippen LogP contribution is -1.96. The van der Waals surface area contributed by atoms with Gasteiger partial charge < -0.3 is 9.63 Å². The zero-order valence-corrected chi connectivity index (χ0v) is 10.3. The Balaban J connectivity index is 2.22. The molecule has 0 aliphatic carbocycles. The molecule has 0 aliphatic rings. The van der Waals surface area contributed by atoms with Gasteiger partial charge in [0, 0.05) is 0 Å². The van der Waals surface area contributed by atoms with Crippen molar-refractivity contribution in [1.82, 2.24) is 10.1 Å². The van der Waals surface area contributed by atoms with Gasteiger partial charge in [-0.3, -0.25) is 0 Å². The number of hydrogen-bond donors (Lipinski definition) is 1. The fraction of sp³-hybridized carbons (Fsp3) is 0.385. The molecular weight excluding hydrogens is 216 g/mol. The molecule has 0 saturated heterocycles. The summed E-state index contributed by atoms with van der Waals surface area (Å²) >= 11 is 0. The maximum Gasteiger partial charge on any atom is 0.231 e. The van der Waals surface area contributed by atoms with Gasteiger partial charge in [0.1, 0.15) is 6.10 Å². The first kappa shape index (κ1) is 11.8. The molecule has 4 nitrogen and oxygen atoms in total. The third kappa shape index (κ3) is 2.71. The SMILES string of the molecule is Cc1ccc(C)c(Cc2nc(C(C)O)no2)c1. The first-order valence-electron chi connectivity index (χ1n) is 5.63. The van der Waals surface area contributed by atoms with Crippen LogP contribution in [0, 0.1) is 13.8 Å². The van der Waals surface area contributed by atoms with E-state index in [1.165, 1.54) is 16.7 Å². The smallest absolute Gasteiger partial charge is 0.231 e. The van der Waals surface area contributed by atoms with Gasteiger partial charge in [0.15, 0.2) is 5.82 Å². The summed E-state index contributed by atoms with van der Waals surface area (Å²) in [7, 11) is 0. The highest BCUT2D eigenvalue weighted by Crippen LogP contribution is 2.16. The Kier molecular flexibility index (Phi) is 3.24. The molecule has 0 spiro atoms. The van der Waals surface area contributed by atoms with Gasteiger partial charge in [-0.2, -0.15) is 4.98 Å². The van der Waals surface area contributed by atoms with E-state index < -0.39 is 6.10 Å². The maximum absolute atomic E-state index is 9.32. The van der Waals surface area contributed by atoms with Crippen LogP contribution >= 0.6 is 0 Å². The van der Waals surface area contributed by atoms with Gasteiger partial charge in [0.25, 0.3) is 0 Å². The van der Waals surface area contributed by atoms with Crippen LogP contribution < -0.4 is 0 Å². The summed E-state index contributed by atoms with van der Waals surface area (Å²) in [6.07, 6.45) is -0.0844. The number of nitrogens with zero attached hydrogens (tertiary/aromatic N) is 2. The lowest BCUT2D eigenvalue weighted by atomic mass is 10.0. The second-order valence-electron chi connectivity index (χ2n) is 4.33. The second-order valence-corrected chi connectivity index (χ2v) is 4.33. The molecular formula is C13H16N2O2. The molecule has 2 aromatic rings. The molecule has 1 aromatic carbocycles. The lowest BCUT2D eigenvalue weighted by Gasteiger charge is -2.03. The zero-order chi connectivity index (χ0) is 12.4. The van der Waals surface area contributed by atoms with Gasteiger partial charge in [-0.05, 0) is 31.9 Å². The average molecular weight is 232 g/mol. The summed E-state index contributed by atoms with van der Waals surface area (Å²) in [4.78, 5) is 4.15. The number of aryl methyl sites for hydroxylation is 2. The van der Waals surface area contributed by atoms with Crippen LogP contribution in [-0.4, -0.2) is 15.2 Å². The Morgan fingerprint density at radius 1 is 1.35 bits per heavy atom. The van der Waals surface area contributed by atoms with Crippen LogP contribution in [0.25, 0.3) is 0 Å². The third-order valence-electron chi connectivity index (χ3n) is 2.70. The first-order valence-corrected chi connectivity index (χ1v) is 5.63. The van der Waals surface area contributed by atoms with Crippen molar-refractivity contribution in [2.45, 2.75) is 33.3 Å². The Bertz CT molecular complexity index is 518. The summed E-state index contributed by atoms with van der Waals surface area (Å²) in [6, 6.07) is 6.27. The highest BCUT2D eigenvalue weighted by atomic mass is 16.5. The van der Waals surface area contributed by atoms with Gasteiger partial charge in [-0.25, -0.2) is 0 Å². The van der Waals surface area contributed by atoms with Crippen LogP contribution in [-0.2, 0) is 6.42 Å². The van der Waals surface area contributed by atoms with Crippen molar-refractivity contribution >= 4 is 0 Å². The van der Waals surface area contributed by atoms with Crippen molar-refractivity contribution in [2.75, 3.05) is 0 Å². The monoisotopic (exact) mass is 232 g/mol. The highest BCUT2D eigenvalue weighted by molar-refractivity contribution is 5.32. The van der Waals surface area contributed by atoms with Crippen LogP contribution in [0.3, 0.4) is 0 Å². The van der Waals surface area contributed by atoms with E-state index in [9.17, 15) is 5.11 Å². The van der Waals surface area contributed by atoms with E-state index in [0.717, 1.165) is 0 Å². The minimum atomic E-state index is -0.689. The third-order valence-corrected chi connectivity index (χ3v) is 2.70. The molecule has 0 bridgehead atoms. The number of hydrogen-bond acceptors (Lipinski definition) is 4. The van der Waals surface area contributed by atoms with E-state index in [4.69, 9.17) is 4.52 Å². The lowest BCUT2D eigenvalue weighted by molar-refractivity contribution is 0.184. The molecule has 17 heavy (non-hydrogen) atoms. The Hall–Kier alpha value is -1.68. The zero-order valence-electron chi connectivity index (χ0n) is 10.3. The van der Waals surface area contributed by atoms with Gasteiger partial charge >= 0.3 is 0 Å². The molecule has 0 fully saturated rings. The van der Waals surface area contributed by atoms with E-state index in [-0.39, 0.29) is 0 Å². The summed E-state index contributed by atoms with van der Waals surface area (Å²) in [5.74, 6) is 0.875. The Morgan fingerprint density at radius 3 is 2.76 bits per heavy atom. The number of benzene rings is 1. The first-order chi connectivity index (χ1) is 8.06. The minimum absolute atomic E-state index is 0.338. The van der Waals surface area contributed by atoms with E-state index in [1.807, 2.05) is 0 Å². The van der Waals surface area contributed by atoms with E-state index in [1.54, 1.807) is 6.92 Å². The Labute approximate surface area is 100 Å². The van der Waals surface area contributed by atoms with Crippen LogP contribution in [0.15, 0.2) is 22.7 Å². The molecule has 1 unspecified atom stereocenters. The summed E-state index contributed by atoms with van der Waals surface area (Å²) < 4.78 is 5.10. The van der Waals surface area contributed by atoms with Gasteiger partial charge in [0.05, 0.1) is 6.42 Å².